The van der Waals surface area contributed by atoms with Gasteiger partial charge >= 0.3 is 0 Å². The lowest BCUT2D eigenvalue weighted by molar-refractivity contribution is 0.0968. The van der Waals surface area contributed by atoms with Crippen molar-refractivity contribution in [3.8, 4) is 0 Å². The Morgan fingerprint density at radius 2 is 1.87 bits per heavy atom. The van der Waals surface area contributed by atoms with Crippen LogP contribution in [0.3, 0.4) is 0 Å². The van der Waals surface area contributed by atoms with Crippen molar-refractivity contribution in [3.05, 3.63) is 59.2 Å². The molecule has 0 heterocycles. The van der Waals surface area contributed by atoms with Gasteiger partial charge < -0.3 is 4.43 Å². The van der Waals surface area contributed by atoms with Gasteiger partial charge in [0.25, 0.3) is 0 Å². The first kappa shape index (κ1) is 24.8. The summed E-state index contributed by atoms with van der Waals surface area (Å²) in [5, 5.41) is 0.288. The summed E-state index contributed by atoms with van der Waals surface area (Å²) in [6.07, 6.45) is 12.1. The Morgan fingerprint density at radius 1 is 1.17 bits per heavy atom. The van der Waals surface area contributed by atoms with Crippen molar-refractivity contribution in [1.82, 2.24) is 0 Å². The summed E-state index contributed by atoms with van der Waals surface area (Å²) in [6, 6.07) is 9.73. The number of carbonyl (C=O) groups is 1. The van der Waals surface area contributed by atoms with Gasteiger partial charge in [0, 0.05) is 18.6 Å². The average Bonchev–Trinajstić information content (AvgIpc) is 3.15. The minimum absolute atomic E-state index is 0.276. The quantitative estimate of drug-likeness (QED) is 0.214. The van der Waals surface area contributed by atoms with Gasteiger partial charge in [-0.2, -0.15) is 0 Å². The highest BCUT2D eigenvalue weighted by atomic mass is 28.4. The van der Waals surface area contributed by atoms with Crippen molar-refractivity contribution in [1.29, 1.82) is 0 Å². The number of hydrogen-bond acceptors (Lipinski definition) is 2. The van der Waals surface area contributed by atoms with Crippen molar-refractivity contribution >= 4 is 14.1 Å². The van der Waals surface area contributed by atoms with E-state index in [-0.39, 0.29) is 10.8 Å². The molecule has 3 heteroatoms. The minimum atomic E-state index is -1.61. The number of hydrogen-bond donors (Lipinski definition) is 0. The van der Waals surface area contributed by atoms with Crippen LogP contribution in [0.2, 0.25) is 18.1 Å². The van der Waals surface area contributed by atoms with E-state index in [1.165, 1.54) is 24.0 Å². The van der Waals surface area contributed by atoms with E-state index in [0.29, 0.717) is 12.3 Å². The molecule has 1 aromatic rings. The summed E-state index contributed by atoms with van der Waals surface area (Å²) < 4.78 is 6.26. The first-order valence-corrected chi connectivity index (χ1v) is 14.6. The van der Waals surface area contributed by atoms with Crippen molar-refractivity contribution < 1.29 is 9.22 Å². The van der Waals surface area contributed by atoms with E-state index < -0.39 is 8.32 Å². The number of ketones is 1. The Kier molecular flexibility index (Phi) is 9.30. The van der Waals surface area contributed by atoms with E-state index in [1.807, 2.05) is 30.3 Å². The molecule has 1 saturated carbocycles. The number of benzene rings is 1. The molecule has 1 fully saturated rings. The average molecular weight is 427 g/mol. The third-order valence-electron chi connectivity index (χ3n) is 6.93. The lowest BCUT2D eigenvalue weighted by Gasteiger charge is -2.36. The molecule has 0 bridgehead atoms. The number of rotatable bonds is 10. The summed E-state index contributed by atoms with van der Waals surface area (Å²) in [5.41, 5.74) is 3.71. The van der Waals surface area contributed by atoms with Crippen LogP contribution in [0.5, 0.6) is 0 Å². The van der Waals surface area contributed by atoms with Gasteiger partial charge in [-0.1, -0.05) is 74.4 Å². The van der Waals surface area contributed by atoms with Crippen LogP contribution < -0.4 is 0 Å². The third-order valence-corrected chi connectivity index (χ3v) is 11.5. The zero-order valence-corrected chi connectivity index (χ0v) is 21.1. The van der Waals surface area contributed by atoms with E-state index in [9.17, 15) is 4.79 Å². The molecule has 30 heavy (non-hydrogen) atoms. The van der Waals surface area contributed by atoms with Crippen LogP contribution in [0.15, 0.2) is 53.6 Å². The lowest BCUT2D eigenvalue weighted by atomic mass is 9.91. The predicted octanol–water partition coefficient (Wildman–Crippen LogP) is 8.12. The van der Waals surface area contributed by atoms with Gasteiger partial charge in [-0.3, -0.25) is 4.79 Å². The molecule has 1 unspecified atom stereocenters. The maximum Gasteiger partial charge on any atom is 0.191 e. The topological polar surface area (TPSA) is 26.3 Å². The molecule has 0 saturated heterocycles. The molecule has 0 aliphatic heterocycles. The predicted molar refractivity (Wildman–Crippen MR) is 132 cm³/mol. The van der Waals surface area contributed by atoms with Crippen LogP contribution in [0.4, 0.5) is 0 Å². The zero-order chi connectivity index (χ0) is 22.2. The second kappa shape index (κ2) is 11.2. The Hall–Kier alpha value is -1.45. The van der Waals surface area contributed by atoms with Crippen LogP contribution in [0.1, 0.15) is 83.0 Å². The van der Waals surface area contributed by atoms with Crippen LogP contribution >= 0.6 is 0 Å². The summed E-state index contributed by atoms with van der Waals surface area (Å²) in [6.45, 7) is 14.6. The van der Waals surface area contributed by atoms with Crippen molar-refractivity contribution in [2.75, 3.05) is 6.61 Å². The third kappa shape index (κ3) is 7.35. The molecular weight excluding hydrogens is 384 g/mol. The zero-order valence-electron chi connectivity index (χ0n) is 20.1. The SMILES string of the molecule is CC(/C=C/CCCCO[Si](C)(C)C(C)(C)C)=C1\CCCC1CC(=O)c1ccccc1. The first-order chi connectivity index (χ1) is 14.1. The molecule has 166 valence electrons. The van der Waals surface area contributed by atoms with Crippen LogP contribution in [0, 0.1) is 5.92 Å². The van der Waals surface area contributed by atoms with Crippen molar-refractivity contribution in [2.24, 2.45) is 5.92 Å². The minimum Gasteiger partial charge on any atom is -0.417 e. The molecule has 1 aromatic carbocycles. The Bertz CT molecular complexity index is 738. The Balaban J connectivity index is 1.78. The van der Waals surface area contributed by atoms with Gasteiger partial charge in [-0.15, -0.1) is 0 Å². The largest absolute Gasteiger partial charge is 0.417 e. The molecule has 1 aliphatic rings. The first-order valence-electron chi connectivity index (χ1n) is 11.7. The highest BCUT2D eigenvalue weighted by Crippen LogP contribution is 2.37. The van der Waals surface area contributed by atoms with E-state index in [2.05, 4.69) is 52.9 Å². The molecule has 0 radical (unpaired) electrons. The fraction of sp³-hybridized carbons (Fsp3) is 0.593. The summed E-state index contributed by atoms with van der Waals surface area (Å²) in [5.74, 6) is 0.693. The number of unbranched alkanes of at least 4 members (excludes halogenated alkanes) is 2. The fourth-order valence-corrected chi connectivity index (χ4v) is 4.99. The summed E-state index contributed by atoms with van der Waals surface area (Å²) in [4.78, 5) is 12.6. The molecule has 0 amide bonds. The second-order valence-electron chi connectivity index (χ2n) is 10.3. The number of Topliss-reactive ketones (excluding diaryl/α,β-unsaturated/α-hetero) is 1. The van der Waals surface area contributed by atoms with Gasteiger partial charge in [-0.05, 0) is 69.5 Å². The molecule has 0 spiro atoms. The van der Waals surface area contributed by atoms with Gasteiger partial charge in [0.2, 0.25) is 0 Å². The maximum absolute atomic E-state index is 12.6. The Labute approximate surface area is 185 Å². The highest BCUT2D eigenvalue weighted by Gasteiger charge is 2.36. The highest BCUT2D eigenvalue weighted by molar-refractivity contribution is 6.74. The molecule has 0 aromatic heterocycles. The molecule has 2 nitrogen and oxygen atoms in total. The van der Waals surface area contributed by atoms with Crippen LogP contribution in [0.25, 0.3) is 0 Å². The van der Waals surface area contributed by atoms with Gasteiger partial charge in [0.1, 0.15) is 0 Å². The van der Waals surface area contributed by atoms with Gasteiger partial charge in [0.05, 0.1) is 0 Å². The number of carbonyl (C=O) groups excluding carboxylic acids is 1. The lowest BCUT2D eigenvalue weighted by Crippen LogP contribution is -2.40. The van der Waals surface area contributed by atoms with Gasteiger partial charge in [0.15, 0.2) is 14.1 Å². The monoisotopic (exact) mass is 426 g/mol. The standard InChI is InChI=1S/C27H42O2Si/c1-22(15-10-7-8-13-20-29-30(5,6)27(2,3)4)25-19-14-18-24(25)21-26(28)23-16-11-9-12-17-23/h9-12,15-17,24H,7-8,13-14,18-21H2,1-6H3/b15-10+,25-22-. The number of allylic oxidation sites excluding steroid dienone is 4. The summed E-state index contributed by atoms with van der Waals surface area (Å²) in [7, 11) is -1.61. The van der Waals surface area contributed by atoms with Gasteiger partial charge in [-0.25, -0.2) is 0 Å². The molecule has 0 N–H and O–H groups in total. The van der Waals surface area contributed by atoms with E-state index >= 15 is 0 Å². The molecule has 2 rings (SSSR count). The fourth-order valence-electron chi connectivity index (χ4n) is 3.90. The van der Waals surface area contributed by atoms with E-state index in [1.54, 1.807) is 0 Å². The maximum atomic E-state index is 12.6. The molecule has 1 aliphatic carbocycles. The summed E-state index contributed by atoms with van der Waals surface area (Å²) >= 11 is 0. The molecular formula is C27H42O2Si. The smallest absolute Gasteiger partial charge is 0.191 e. The Morgan fingerprint density at radius 3 is 2.53 bits per heavy atom. The normalized spacial score (nSPS) is 19.5. The second-order valence-corrected chi connectivity index (χ2v) is 15.1. The van der Waals surface area contributed by atoms with E-state index in [4.69, 9.17) is 4.43 Å². The van der Waals surface area contributed by atoms with Crippen LogP contribution in [-0.2, 0) is 4.43 Å². The van der Waals surface area contributed by atoms with Crippen molar-refractivity contribution in [3.63, 3.8) is 0 Å². The van der Waals surface area contributed by atoms with E-state index in [0.717, 1.165) is 37.9 Å². The van der Waals surface area contributed by atoms with Crippen molar-refractivity contribution in [2.45, 2.75) is 90.8 Å². The molecule has 1 atom stereocenters. The van der Waals surface area contributed by atoms with Crippen LogP contribution in [-0.4, -0.2) is 20.7 Å².